The number of pyridine rings is 1. The van der Waals surface area contributed by atoms with Crippen LogP contribution in [0.5, 0.6) is 0 Å². The lowest BCUT2D eigenvalue weighted by molar-refractivity contribution is -0.143. The molecular weight excluding hydrogens is 1440 g/mol. The van der Waals surface area contributed by atoms with Gasteiger partial charge >= 0.3 is 6.09 Å². The maximum Gasteiger partial charge on any atom is 0.435 e. The highest BCUT2D eigenvalue weighted by Gasteiger charge is 2.39. The van der Waals surface area contributed by atoms with Gasteiger partial charge in [0.15, 0.2) is 6.61 Å². The summed E-state index contributed by atoms with van der Waals surface area (Å²) in [4.78, 5) is 191. The van der Waals surface area contributed by atoms with Gasteiger partial charge in [-0.25, -0.2) is 4.79 Å². The fourth-order valence-electron chi connectivity index (χ4n) is 11.7. The fraction of sp³-hybridized carbons (Fsp3) is 0.466. The van der Waals surface area contributed by atoms with Gasteiger partial charge in [-0.15, -0.1) is 0 Å². The van der Waals surface area contributed by atoms with Crippen LogP contribution in [0.15, 0.2) is 107 Å². The normalized spacial score (nSPS) is 20.1. The number of benzene rings is 3. The molecule has 0 spiro atoms. The molecule has 12 amide bonds. The molecule has 0 bridgehead atoms. The monoisotopic (exact) mass is 1550 g/mol. The summed E-state index contributed by atoms with van der Waals surface area (Å²) in [6, 6.07) is 10.2. The number of hydrogen-bond donors (Lipinski definition) is 18. The van der Waals surface area contributed by atoms with Gasteiger partial charge in [0.25, 0.3) is 11.8 Å². The van der Waals surface area contributed by atoms with Gasteiger partial charge in [-0.3, -0.25) is 62.5 Å². The summed E-state index contributed by atoms with van der Waals surface area (Å²) in [6.45, 7) is 3.32. The number of nitrogens with zero attached hydrogens (tertiary/aromatic N) is 4. The molecule has 0 aliphatic carbocycles. The third-order valence-corrected chi connectivity index (χ3v) is 18.6. The van der Waals surface area contributed by atoms with Gasteiger partial charge in [-0.2, -0.15) is 9.78 Å². The van der Waals surface area contributed by atoms with Crippen LogP contribution in [-0.4, -0.2) is 239 Å². The van der Waals surface area contributed by atoms with E-state index in [-0.39, 0.29) is 95.2 Å². The number of nitrogens with two attached hydrogens (primary N) is 5. The predicted octanol–water partition coefficient (Wildman–Crippen LogP) is -3.40. The molecule has 5 aromatic rings. The van der Waals surface area contributed by atoms with Crippen molar-refractivity contribution >= 4 is 112 Å². The number of nitrogens with one attached hydrogen (secondary N) is 11. The van der Waals surface area contributed by atoms with Gasteiger partial charge in [0.1, 0.15) is 60.4 Å². The van der Waals surface area contributed by atoms with Crippen LogP contribution < -0.4 is 87.2 Å². The Morgan fingerprint density at radius 1 is 0.655 bits per heavy atom. The zero-order valence-electron chi connectivity index (χ0n) is 62.2. The second kappa shape index (κ2) is 44.0. The summed E-state index contributed by atoms with van der Waals surface area (Å²) in [6.07, 6.45) is -1.55. The summed E-state index contributed by atoms with van der Waals surface area (Å²) in [5.74, 6) is -11.4. The molecule has 1 aliphatic rings. The second-order valence-electron chi connectivity index (χ2n) is 26.5. The molecule has 3 heterocycles. The Morgan fingerprint density at radius 3 is 1.88 bits per heavy atom. The average Bonchev–Trinajstić information content (AvgIpc) is 1.63. The van der Waals surface area contributed by atoms with E-state index in [0.717, 1.165) is 16.5 Å². The van der Waals surface area contributed by atoms with Crippen LogP contribution >= 0.6 is 11.8 Å². The first-order valence-corrected chi connectivity index (χ1v) is 36.8. The maximum absolute atomic E-state index is 14.8. The number of hydrogen-bond acceptors (Lipinski definition) is 24. The van der Waals surface area contributed by atoms with Crippen LogP contribution in [0.25, 0.3) is 23.1 Å². The van der Waals surface area contributed by atoms with Crippen LogP contribution in [0, 0.1) is 5.92 Å². The van der Waals surface area contributed by atoms with Crippen molar-refractivity contribution in [1.82, 2.24) is 78.1 Å². The molecule has 596 valence electrons. The van der Waals surface area contributed by atoms with E-state index >= 15 is 0 Å². The first-order chi connectivity index (χ1) is 52.6. The van der Waals surface area contributed by atoms with Crippen LogP contribution in [0.3, 0.4) is 0 Å². The molecule has 37 heteroatoms. The topological polar surface area (TPSA) is 568 Å². The molecule has 1 saturated heterocycles. The number of amides is 12. The number of fused-ring (bicyclic) bond motifs is 1. The number of carbonyl (C=O) groups excluding carboxylic acids is 13. The molecule has 3 aromatic carbocycles. The molecule has 110 heavy (non-hydrogen) atoms. The Bertz CT molecular complexity index is 4040. The van der Waals surface area contributed by atoms with E-state index in [0.29, 0.717) is 37.5 Å². The van der Waals surface area contributed by atoms with Crippen LogP contribution in [-0.2, 0) is 63.9 Å². The third kappa shape index (κ3) is 25.9. The Kier molecular flexibility index (Phi) is 35.2. The Hall–Kier alpha value is -10.8. The first kappa shape index (κ1) is 88.1. The van der Waals surface area contributed by atoms with Gasteiger partial charge in [-0.1, -0.05) is 74.1 Å². The molecule has 36 nitrogen and oxygen atoms in total. The van der Waals surface area contributed by atoms with Crippen molar-refractivity contribution in [2.75, 3.05) is 60.0 Å². The highest BCUT2D eigenvalue weighted by Crippen LogP contribution is 2.34. The fourth-order valence-corrected chi connectivity index (χ4v) is 12.7. The van der Waals surface area contributed by atoms with E-state index in [1.165, 1.54) is 32.8 Å². The van der Waals surface area contributed by atoms with Gasteiger partial charge in [0, 0.05) is 48.4 Å². The zero-order chi connectivity index (χ0) is 80.7. The summed E-state index contributed by atoms with van der Waals surface area (Å²) >= 11 is 1.29. The smallest absolute Gasteiger partial charge is 0.435 e. The minimum atomic E-state index is -1.88. The first-order valence-electron chi connectivity index (χ1n) is 36.0. The van der Waals surface area contributed by atoms with Crippen molar-refractivity contribution in [2.45, 2.75) is 161 Å². The molecule has 0 unspecified atom stereocenters. The van der Waals surface area contributed by atoms with E-state index in [2.05, 4.69) is 68.6 Å². The van der Waals surface area contributed by atoms with Gasteiger partial charge < -0.3 is 107 Å². The summed E-state index contributed by atoms with van der Waals surface area (Å²) in [7, 11) is 2.84. The Labute approximate surface area is 640 Å². The van der Waals surface area contributed by atoms with Crippen molar-refractivity contribution in [2.24, 2.45) is 34.6 Å². The lowest BCUT2D eigenvalue weighted by Gasteiger charge is -2.33. The number of aliphatic hydroxyl groups excluding tert-OH is 2. The largest absolute Gasteiger partial charge is 0.438 e. The van der Waals surface area contributed by atoms with E-state index < -0.39 is 163 Å². The minimum Gasteiger partial charge on any atom is -0.438 e. The highest BCUT2D eigenvalue weighted by atomic mass is 32.2. The Balaban J connectivity index is 1.24. The maximum atomic E-state index is 14.8. The van der Waals surface area contributed by atoms with Crippen LogP contribution in [0.4, 0.5) is 4.79 Å². The van der Waals surface area contributed by atoms with Crippen molar-refractivity contribution in [3.8, 4) is 0 Å². The van der Waals surface area contributed by atoms with Gasteiger partial charge in [0.2, 0.25) is 59.1 Å². The number of ether oxygens (including phenoxy) is 1. The number of rotatable bonds is 30. The molecule has 0 radical (unpaired) electrons. The summed E-state index contributed by atoms with van der Waals surface area (Å²) < 4.78 is 6.38. The van der Waals surface area contributed by atoms with Crippen molar-refractivity contribution in [1.29, 1.82) is 0 Å². The SMILES string of the molecule is CNC(=O)c1ccccc1Sc1ccc2c(/C=C/c3ccccn3)n(C(=O)OCC(=O)N[C@@H](CCN)C(=O)N[C@H](C(=O)N[C@@H](CCN)C(=O)N[C@H]3CCNC(=O)[C@H]([C@@H](C)O)NC(=O)[C@H](CCN)NC(=O)[C@H](CCN)N(C)C(=O)[C@H](CC(C)C)NC(=O)[C@@H](Cc4ccccc4)NC(=O)[C@H](CCN)NC3=O)[C@@H](C)O)nc2c1. The van der Waals surface area contributed by atoms with E-state index in [9.17, 15) is 72.5 Å². The number of aromatic nitrogens is 3. The van der Waals surface area contributed by atoms with Crippen molar-refractivity contribution < 1.29 is 77.3 Å². The van der Waals surface area contributed by atoms with Gasteiger partial charge in [0.05, 0.1) is 34.7 Å². The average molecular weight is 1550 g/mol. The summed E-state index contributed by atoms with van der Waals surface area (Å²) in [5.41, 5.74) is 31.8. The predicted molar refractivity (Wildman–Crippen MR) is 406 cm³/mol. The van der Waals surface area contributed by atoms with Crippen molar-refractivity contribution in [3.63, 3.8) is 0 Å². The molecule has 6 rings (SSSR count). The minimum absolute atomic E-state index is 0.0270. The molecular formula is C73H102N20O16S. The van der Waals surface area contributed by atoms with E-state index in [4.69, 9.17) is 33.4 Å². The Morgan fingerprint density at radius 2 is 1.26 bits per heavy atom. The molecule has 12 atom stereocenters. The summed E-state index contributed by atoms with van der Waals surface area (Å²) in [5, 5.41) is 54.9. The third-order valence-electron chi connectivity index (χ3n) is 17.5. The lowest BCUT2D eigenvalue weighted by atomic mass is 9.99. The second-order valence-corrected chi connectivity index (χ2v) is 27.6. The molecule has 0 saturated carbocycles. The number of aliphatic hydroxyl groups is 2. The van der Waals surface area contributed by atoms with Crippen molar-refractivity contribution in [3.05, 3.63) is 120 Å². The standard InChI is InChI=1S/C73H102N20O16S/c1-40(2)36-55-72(107)92(6)57(27-33-78)69(104)85-51(26-32-77)67(102)89-60(41(3)94)70(105)81-35-28-52(65(100)83-49(24-30-75)64(99)87-54(68(103)88-55)37-43-14-8-7-9-15-43)84-63(98)50(25-31-76)86-71(106)61(42(4)95)90-66(101)48(23-29-74)82-59(96)39-109-73(108)93-56(22-19-44-16-12-13-34-80-44)46-21-20-45(38-53(46)91-93)110-58-18-11-10-17-47(58)62(97)79-5/h7-22,34,38,40-42,48-52,54-55,57,60-61,94-95H,23-33,35-37,39,74-78H2,1-6H3,(H,79,97)(H,81,105)(H,82,96)(H,83,100)(H,84,98)(H,85,104)(H,86,106)(H,87,99)(H,88,103)(H,89,102)(H,90,101)/b22-19+/t41-,42-,48+,49+,50+,51+,52+,54-,55+,57+,60+,61+/m1/s1. The molecule has 2 aromatic heterocycles. The highest BCUT2D eigenvalue weighted by molar-refractivity contribution is 7.99. The zero-order valence-corrected chi connectivity index (χ0v) is 63.0. The van der Waals surface area contributed by atoms with Crippen LogP contribution in [0.1, 0.15) is 99.9 Å². The molecule has 1 fully saturated rings. The number of likely N-dealkylation sites (N-methyl/N-ethyl adjacent to an activating group) is 1. The molecule has 1 aliphatic heterocycles. The van der Waals surface area contributed by atoms with E-state index in [1.807, 2.05) is 0 Å². The molecule has 23 N–H and O–H groups in total. The van der Waals surface area contributed by atoms with E-state index in [1.54, 1.807) is 123 Å². The van der Waals surface area contributed by atoms with Gasteiger partial charge in [-0.05, 0) is 158 Å². The number of carbonyl (C=O) groups is 13. The lowest BCUT2D eigenvalue weighted by Crippen LogP contribution is -2.62. The quantitative estimate of drug-likeness (QED) is 0.0213. The van der Waals surface area contributed by atoms with Crippen LogP contribution in [0.2, 0.25) is 0 Å².